The Kier molecular flexibility index (Phi) is 4.22. The third-order valence-corrected chi connectivity index (χ3v) is 3.84. The van der Waals surface area contributed by atoms with Crippen molar-refractivity contribution in [1.82, 2.24) is 10.2 Å². The highest BCUT2D eigenvalue weighted by Crippen LogP contribution is 2.18. The molecular formula is C13H24N2O. The molecule has 16 heavy (non-hydrogen) atoms. The molecule has 0 spiro atoms. The first-order valence-corrected chi connectivity index (χ1v) is 6.77. The number of hydrogen-bond donors (Lipinski definition) is 1. The third-order valence-electron chi connectivity index (χ3n) is 3.84. The Hall–Kier alpha value is -0.570. The smallest absolute Gasteiger partial charge is 0.224 e. The number of carbonyl (C=O) groups excluding carboxylic acids is 1. The van der Waals surface area contributed by atoms with Crippen molar-refractivity contribution in [3.8, 4) is 0 Å². The lowest BCUT2D eigenvalue weighted by molar-refractivity contribution is -0.133. The van der Waals surface area contributed by atoms with Crippen LogP contribution in [0, 0.1) is 5.92 Å². The second-order valence-corrected chi connectivity index (χ2v) is 5.44. The molecule has 0 unspecified atom stereocenters. The van der Waals surface area contributed by atoms with E-state index in [1.165, 1.54) is 32.1 Å². The summed E-state index contributed by atoms with van der Waals surface area (Å²) < 4.78 is 0. The van der Waals surface area contributed by atoms with Gasteiger partial charge in [-0.25, -0.2) is 0 Å². The first-order chi connectivity index (χ1) is 7.75. The van der Waals surface area contributed by atoms with E-state index in [9.17, 15) is 4.79 Å². The number of hydrogen-bond acceptors (Lipinski definition) is 2. The highest BCUT2D eigenvalue weighted by Gasteiger charge is 2.24. The van der Waals surface area contributed by atoms with Gasteiger partial charge in [-0.15, -0.1) is 0 Å². The number of likely N-dealkylation sites (tertiary alicyclic amines) is 1. The first kappa shape index (κ1) is 11.9. The van der Waals surface area contributed by atoms with E-state index < -0.39 is 0 Å². The zero-order valence-corrected chi connectivity index (χ0v) is 10.4. The fraction of sp³-hybridized carbons (Fsp3) is 0.923. The molecule has 0 saturated carbocycles. The van der Waals surface area contributed by atoms with Crippen molar-refractivity contribution >= 4 is 5.91 Å². The summed E-state index contributed by atoms with van der Waals surface area (Å²) in [6, 6.07) is 0.443. The van der Waals surface area contributed by atoms with Crippen LogP contribution in [0.2, 0.25) is 0 Å². The molecular weight excluding hydrogens is 200 g/mol. The van der Waals surface area contributed by atoms with Crippen LogP contribution < -0.4 is 5.32 Å². The number of nitrogens with zero attached hydrogens (tertiary/aromatic N) is 1. The van der Waals surface area contributed by atoms with Crippen LogP contribution in [0.25, 0.3) is 0 Å². The Labute approximate surface area is 98.6 Å². The van der Waals surface area contributed by atoms with Crippen molar-refractivity contribution in [3.05, 3.63) is 0 Å². The summed E-state index contributed by atoms with van der Waals surface area (Å²) in [5, 5.41) is 3.45. The standard InChI is InChI=1S/C13H24N2O/c1-11-5-4-8-15(10-11)13(16)9-12-6-2-3-7-14-12/h11-12,14H,2-10H2,1H3/t11-,12+/m1/s1. The number of amides is 1. The summed E-state index contributed by atoms with van der Waals surface area (Å²) in [6.07, 6.45) is 6.91. The van der Waals surface area contributed by atoms with E-state index in [4.69, 9.17) is 0 Å². The second-order valence-electron chi connectivity index (χ2n) is 5.44. The summed E-state index contributed by atoms with van der Waals surface area (Å²) in [5.74, 6) is 1.06. The van der Waals surface area contributed by atoms with Gasteiger partial charge in [0.1, 0.15) is 0 Å². The molecule has 2 atom stereocenters. The lowest BCUT2D eigenvalue weighted by atomic mass is 9.98. The quantitative estimate of drug-likeness (QED) is 0.775. The minimum absolute atomic E-state index is 0.367. The molecule has 2 saturated heterocycles. The van der Waals surface area contributed by atoms with Crippen molar-refractivity contribution < 1.29 is 4.79 Å². The highest BCUT2D eigenvalue weighted by molar-refractivity contribution is 5.77. The SMILES string of the molecule is C[C@@H]1CCCN(C(=O)C[C@@H]2CCCCN2)C1. The Morgan fingerprint density at radius 2 is 2.19 bits per heavy atom. The van der Waals surface area contributed by atoms with E-state index in [0.29, 0.717) is 24.3 Å². The molecule has 0 radical (unpaired) electrons. The van der Waals surface area contributed by atoms with Gasteiger partial charge in [-0.3, -0.25) is 4.79 Å². The van der Waals surface area contributed by atoms with Crippen molar-refractivity contribution in [2.75, 3.05) is 19.6 Å². The molecule has 3 heteroatoms. The predicted octanol–water partition coefficient (Wildman–Crippen LogP) is 1.78. The first-order valence-electron chi connectivity index (χ1n) is 6.77. The van der Waals surface area contributed by atoms with Gasteiger partial charge in [-0.05, 0) is 38.1 Å². The largest absolute Gasteiger partial charge is 0.342 e. The summed E-state index contributed by atoms with van der Waals surface area (Å²) in [7, 11) is 0. The average molecular weight is 224 g/mol. The molecule has 2 aliphatic heterocycles. The van der Waals surface area contributed by atoms with Crippen LogP contribution in [0.3, 0.4) is 0 Å². The Morgan fingerprint density at radius 3 is 2.88 bits per heavy atom. The van der Waals surface area contributed by atoms with Gasteiger partial charge in [0.15, 0.2) is 0 Å². The Balaban J connectivity index is 1.77. The van der Waals surface area contributed by atoms with E-state index in [0.717, 1.165) is 19.6 Å². The predicted molar refractivity (Wildman–Crippen MR) is 65.2 cm³/mol. The maximum absolute atomic E-state index is 12.1. The number of rotatable bonds is 2. The number of carbonyl (C=O) groups is 1. The zero-order chi connectivity index (χ0) is 11.4. The maximum atomic E-state index is 12.1. The second kappa shape index (κ2) is 5.67. The van der Waals surface area contributed by atoms with Crippen molar-refractivity contribution in [1.29, 1.82) is 0 Å². The van der Waals surface area contributed by atoms with E-state index in [-0.39, 0.29) is 0 Å². The van der Waals surface area contributed by atoms with Gasteiger partial charge >= 0.3 is 0 Å². The van der Waals surface area contributed by atoms with Crippen molar-refractivity contribution in [2.45, 2.75) is 51.5 Å². The fourth-order valence-corrected chi connectivity index (χ4v) is 2.85. The fourth-order valence-electron chi connectivity index (χ4n) is 2.85. The molecule has 0 aromatic heterocycles. The molecule has 0 aliphatic carbocycles. The number of nitrogens with one attached hydrogen (secondary N) is 1. The van der Waals surface area contributed by atoms with Crippen molar-refractivity contribution in [2.24, 2.45) is 5.92 Å². The molecule has 3 nitrogen and oxygen atoms in total. The van der Waals surface area contributed by atoms with Crippen LogP contribution >= 0.6 is 0 Å². The normalized spacial score (nSPS) is 31.4. The average Bonchev–Trinajstić information content (AvgIpc) is 2.30. The lowest BCUT2D eigenvalue weighted by Crippen LogP contribution is -2.43. The lowest BCUT2D eigenvalue weighted by Gasteiger charge is -2.33. The van der Waals surface area contributed by atoms with Crippen LogP contribution in [0.4, 0.5) is 0 Å². The molecule has 2 heterocycles. The van der Waals surface area contributed by atoms with Crippen molar-refractivity contribution in [3.63, 3.8) is 0 Å². The Morgan fingerprint density at radius 1 is 1.31 bits per heavy atom. The monoisotopic (exact) mass is 224 g/mol. The third kappa shape index (κ3) is 3.21. The molecule has 0 bridgehead atoms. The van der Waals surface area contributed by atoms with E-state index in [2.05, 4.69) is 17.1 Å². The van der Waals surface area contributed by atoms with Gasteiger partial charge in [-0.2, -0.15) is 0 Å². The molecule has 1 N–H and O–H groups in total. The van der Waals surface area contributed by atoms with Gasteiger partial charge in [0.05, 0.1) is 0 Å². The van der Waals surface area contributed by atoms with Gasteiger partial charge in [0.25, 0.3) is 0 Å². The minimum atomic E-state index is 0.367. The van der Waals surface area contributed by atoms with Crippen LogP contribution in [-0.2, 0) is 4.79 Å². The summed E-state index contributed by atoms with van der Waals surface area (Å²) in [4.78, 5) is 14.2. The van der Waals surface area contributed by atoms with Crippen LogP contribution in [0.15, 0.2) is 0 Å². The minimum Gasteiger partial charge on any atom is -0.342 e. The summed E-state index contributed by atoms with van der Waals surface area (Å²) >= 11 is 0. The van der Waals surface area contributed by atoms with E-state index in [1.807, 2.05) is 0 Å². The van der Waals surface area contributed by atoms with Gasteiger partial charge in [-0.1, -0.05) is 13.3 Å². The van der Waals surface area contributed by atoms with Gasteiger partial charge in [0, 0.05) is 25.6 Å². The van der Waals surface area contributed by atoms with Crippen LogP contribution in [-0.4, -0.2) is 36.5 Å². The molecule has 92 valence electrons. The molecule has 0 aromatic carbocycles. The maximum Gasteiger partial charge on any atom is 0.224 e. The van der Waals surface area contributed by atoms with Gasteiger partial charge < -0.3 is 10.2 Å². The summed E-state index contributed by atoms with van der Waals surface area (Å²) in [5.41, 5.74) is 0. The van der Waals surface area contributed by atoms with Gasteiger partial charge in [0.2, 0.25) is 5.91 Å². The topological polar surface area (TPSA) is 32.3 Å². The van der Waals surface area contributed by atoms with E-state index in [1.54, 1.807) is 0 Å². The molecule has 2 fully saturated rings. The highest BCUT2D eigenvalue weighted by atomic mass is 16.2. The molecule has 0 aromatic rings. The zero-order valence-electron chi connectivity index (χ0n) is 10.4. The van der Waals surface area contributed by atoms with Crippen LogP contribution in [0.1, 0.15) is 45.4 Å². The van der Waals surface area contributed by atoms with E-state index >= 15 is 0 Å². The van der Waals surface area contributed by atoms with Crippen LogP contribution in [0.5, 0.6) is 0 Å². The molecule has 1 amide bonds. The molecule has 2 rings (SSSR count). The Bertz CT molecular complexity index is 236. The summed E-state index contributed by atoms with van der Waals surface area (Å²) in [6.45, 7) is 5.30. The molecule has 2 aliphatic rings. The number of piperidine rings is 2.